The molecule has 23 heavy (non-hydrogen) atoms. The molecule has 0 saturated carbocycles. The van der Waals surface area contributed by atoms with Crippen molar-refractivity contribution in [2.24, 2.45) is 0 Å². The van der Waals surface area contributed by atoms with Crippen LogP contribution in [0.3, 0.4) is 0 Å². The number of fused-ring (bicyclic) bond motifs is 1. The van der Waals surface area contributed by atoms with Gasteiger partial charge in [0.1, 0.15) is 0 Å². The number of benzene rings is 2. The number of nitrogens with one attached hydrogen (secondary N) is 1. The van der Waals surface area contributed by atoms with Gasteiger partial charge in [0.05, 0.1) is 0 Å². The van der Waals surface area contributed by atoms with E-state index in [2.05, 4.69) is 58.5 Å². The van der Waals surface area contributed by atoms with Crippen LogP contribution < -0.4 is 5.32 Å². The second kappa shape index (κ2) is 6.23. The molecule has 0 aliphatic carbocycles. The summed E-state index contributed by atoms with van der Waals surface area (Å²) in [6.07, 6.45) is 3.36. The van der Waals surface area contributed by atoms with Gasteiger partial charge in [0, 0.05) is 48.5 Å². The summed E-state index contributed by atoms with van der Waals surface area (Å²) in [5, 5.41) is 4.28. The molecule has 0 atom stereocenters. The highest BCUT2D eigenvalue weighted by Gasteiger charge is 2.19. The van der Waals surface area contributed by atoms with E-state index < -0.39 is 0 Å². The lowest BCUT2D eigenvalue weighted by atomic mass is 10.00. The standard InChI is InChI=1S/C20H19ClN2/c21-17-8-4-7-16(11-17)19-14-23(13-15-5-2-1-3-6-15)20-9-10-22-12-18(19)20/h1-8,11,14,22H,9-10,12-13H2. The molecule has 4 rings (SSSR count). The maximum Gasteiger partial charge on any atom is 0.0473 e. The van der Waals surface area contributed by atoms with Crippen molar-refractivity contribution in [3.05, 3.63) is 82.6 Å². The maximum atomic E-state index is 6.19. The summed E-state index contributed by atoms with van der Waals surface area (Å²) in [5.74, 6) is 0. The first-order valence-electron chi connectivity index (χ1n) is 8.03. The molecule has 3 heteroatoms. The molecule has 0 unspecified atom stereocenters. The Morgan fingerprint density at radius 1 is 1.04 bits per heavy atom. The van der Waals surface area contributed by atoms with Crippen LogP contribution in [0.2, 0.25) is 5.02 Å². The van der Waals surface area contributed by atoms with Gasteiger partial charge in [0.25, 0.3) is 0 Å². The minimum Gasteiger partial charge on any atom is -0.346 e. The van der Waals surface area contributed by atoms with Crippen LogP contribution in [0.15, 0.2) is 60.8 Å². The minimum atomic E-state index is 0.788. The lowest BCUT2D eigenvalue weighted by Gasteiger charge is -2.17. The van der Waals surface area contributed by atoms with Crippen molar-refractivity contribution in [1.82, 2.24) is 9.88 Å². The van der Waals surface area contributed by atoms with Gasteiger partial charge in [0.15, 0.2) is 0 Å². The van der Waals surface area contributed by atoms with E-state index in [0.29, 0.717) is 0 Å². The van der Waals surface area contributed by atoms with Gasteiger partial charge in [-0.3, -0.25) is 0 Å². The summed E-state index contributed by atoms with van der Waals surface area (Å²) in [6.45, 7) is 2.89. The number of hydrogen-bond acceptors (Lipinski definition) is 1. The third-order valence-electron chi connectivity index (χ3n) is 4.48. The molecule has 0 amide bonds. The molecule has 1 aliphatic rings. The first-order valence-corrected chi connectivity index (χ1v) is 8.40. The topological polar surface area (TPSA) is 17.0 Å². The lowest BCUT2D eigenvalue weighted by molar-refractivity contribution is 0.607. The number of nitrogens with zero attached hydrogens (tertiary/aromatic N) is 1. The van der Waals surface area contributed by atoms with Gasteiger partial charge in [0.2, 0.25) is 0 Å². The molecule has 2 heterocycles. The lowest BCUT2D eigenvalue weighted by Crippen LogP contribution is -2.25. The molecule has 1 aliphatic heterocycles. The Hall–Kier alpha value is -2.03. The van der Waals surface area contributed by atoms with Gasteiger partial charge in [-0.15, -0.1) is 0 Å². The summed E-state index contributed by atoms with van der Waals surface area (Å²) in [6, 6.07) is 18.8. The Kier molecular flexibility index (Phi) is 3.94. The SMILES string of the molecule is Clc1cccc(-c2cn(Cc3ccccc3)c3c2CNCC3)c1. The van der Waals surface area contributed by atoms with E-state index in [0.717, 1.165) is 31.1 Å². The average Bonchev–Trinajstić information content (AvgIpc) is 2.95. The molecule has 1 aromatic heterocycles. The van der Waals surface area contributed by atoms with Gasteiger partial charge < -0.3 is 9.88 Å². The molecule has 0 radical (unpaired) electrons. The van der Waals surface area contributed by atoms with Crippen molar-refractivity contribution in [1.29, 1.82) is 0 Å². The van der Waals surface area contributed by atoms with Crippen LogP contribution in [-0.2, 0) is 19.5 Å². The van der Waals surface area contributed by atoms with Crippen LogP contribution in [0.5, 0.6) is 0 Å². The zero-order valence-electron chi connectivity index (χ0n) is 12.9. The zero-order valence-corrected chi connectivity index (χ0v) is 13.7. The third kappa shape index (κ3) is 2.92. The predicted octanol–water partition coefficient (Wildman–Crippen LogP) is 4.50. The molecule has 0 spiro atoms. The molecular weight excluding hydrogens is 304 g/mol. The maximum absolute atomic E-state index is 6.19. The molecule has 2 nitrogen and oxygen atoms in total. The van der Waals surface area contributed by atoms with Crippen molar-refractivity contribution < 1.29 is 0 Å². The third-order valence-corrected chi connectivity index (χ3v) is 4.71. The number of hydrogen-bond donors (Lipinski definition) is 1. The second-order valence-electron chi connectivity index (χ2n) is 6.02. The van der Waals surface area contributed by atoms with Gasteiger partial charge >= 0.3 is 0 Å². The molecule has 3 aromatic rings. The Morgan fingerprint density at radius 3 is 2.74 bits per heavy atom. The minimum absolute atomic E-state index is 0.788. The summed E-state index contributed by atoms with van der Waals surface area (Å²) in [7, 11) is 0. The van der Waals surface area contributed by atoms with Gasteiger partial charge in [-0.25, -0.2) is 0 Å². The summed E-state index contributed by atoms with van der Waals surface area (Å²) in [4.78, 5) is 0. The first kappa shape index (κ1) is 14.6. The van der Waals surface area contributed by atoms with Crippen LogP contribution in [0.1, 0.15) is 16.8 Å². The summed E-state index contributed by atoms with van der Waals surface area (Å²) < 4.78 is 2.40. The fourth-order valence-corrected chi connectivity index (χ4v) is 3.57. The normalized spacial score (nSPS) is 13.8. The fraction of sp³-hybridized carbons (Fsp3) is 0.200. The van der Waals surface area contributed by atoms with Crippen LogP contribution in [-0.4, -0.2) is 11.1 Å². The van der Waals surface area contributed by atoms with E-state index in [9.17, 15) is 0 Å². The monoisotopic (exact) mass is 322 g/mol. The number of aromatic nitrogens is 1. The van der Waals surface area contributed by atoms with Crippen LogP contribution in [0.4, 0.5) is 0 Å². The van der Waals surface area contributed by atoms with Crippen molar-refractivity contribution in [2.75, 3.05) is 6.54 Å². The van der Waals surface area contributed by atoms with E-state index in [1.807, 2.05) is 12.1 Å². The van der Waals surface area contributed by atoms with Gasteiger partial charge in [-0.1, -0.05) is 54.1 Å². The van der Waals surface area contributed by atoms with E-state index >= 15 is 0 Å². The molecule has 0 saturated heterocycles. The largest absolute Gasteiger partial charge is 0.346 e. The molecule has 0 bridgehead atoms. The highest BCUT2D eigenvalue weighted by Crippen LogP contribution is 2.32. The Morgan fingerprint density at radius 2 is 1.91 bits per heavy atom. The second-order valence-corrected chi connectivity index (χ2v) is 6.46. The Labute approximate surface area is 141 Å². The Bertz CT molecular complexity index is 821. The zero-order chi connectivity index (χ0) is 15.6. The van der Waals surface area contributed by atoms with Crippen LogP contribution in [0, 0.1) is 0 Å². The molecule has 116 valence electrons. The van der Waals surface area contributed by atoms with E-state index in [4.69, 9.17) is 11.6 Å². The van der Waals surface area contributed by atoms with Gasteiger partial charge in [-0.2, -0.15) is 0 Å². The molecule has 1 N–H and O–H groups in total. The van der Waals surface area contributed by atoms with Crippen LogP contribution >= 0.6 is 11.6 Å². The van der Waals surface area contributed by atoms with Crippen molar-refractivity contribution in [3.63, 3.8) is 0 Å². The molecule has 2 aromatic carbocycles. The van der Waals surface area contributed by atoms with E-state index in [1.54, 1.807) is 0 Å². The smallest absolute Gasteiger partial charge is 0.0473 e. The molecule has 0 fully saturated rings. The van der Waals surface area contributed by atoms with Crippen LogP contribution in [0.25, 0.3) is 11.1 Å². The number of rotatable bonds is 3. The van der Waals surface area contributed by atoms with Gasteiger partial charge in [-0.05, 0) is 28.8 Å². The van der Waals surface area contributed by atoms with Crippen molar-refractivity contribution in [3.8, 4) is 11.1 Å². The Balaban J connectivity index is 1.78. The predicted molar refractivity (Wildman–Crippen MR) is 95.8 cm³/mol. The van der Waals surface area contributed by atoms with E-state index in [1.165, 1.54) is 27.9 Å². The quantitative estimate of drug-likeness (QED) is 0.751. The average molecular weight is 323 g/mol. The highest BCUT2D eigenvalue weighted by atomic mass is 35.5. The van der Waals surface area contributed by atoms with Crippen molar-refractivity contribution in [2.45, 2.75) is 19.5 Å². The molecular formula is C20H19ClN2. The number of halogens is 1. The van der Waals surface area contributed by atoms with Crippen molar-refractivity contribution >= 4 is 11.6 Å². The van der Waals surface area contributed by atoms with E-state index in [-0.39, 0.29) is 0 Å². The summed E-state index contributed by atoms with van der Waals surface area (Å²) >= 11 is 6.19. The summed E-state index contributed by atoms with van der Waals surface area (Å²) in [5.41, 5.74) is 6.69. The fourth-order valence-electron chi connectivity index (χ4n) is 3.38. The first-order chi connectivity index (χ1) is 11.3. The highest BCUT2D eigenvalue weighted by molar-refractivity contribution is 6.30.